The van der Waals surface area contributed by atoms with Crippen LogP contribution in [-0.4, -0.2) is 12.6 Å². The molecular formula is C20H16O4. The SMILES string of the molecule is CCOC(=O)/C=C/c1c(-c2ccccc2)oc(=O)c2ccccc12. The Morgan fingerprint density at radius 1 is 1.04 bits per heavy atom. The third kappa shape index (κ3) is 3.13. The number of ether oxygens (including phenoxy) is 1. The minimum atomic E-state index is -0.438. The van der Waals surface area contributed by atoms with Crippen LogP contribution in [0.5, 0.6) is 0 Å². The van der Waals surface area contributed by atoms with Crippen molar-refractivity contribution < 1.29 is 13.9 Å². The molecule has 0 radical (unpaired) electrons. The Labute approximate surface area is 139 Å². The number of fused-ring (bicyclic) bond motifs is 1. The van der Waals surface area contributed by atoms with E-state index in [1.54, 1.807) is 25.1 Å². The van der Waals surface area contributed by atoms with Gasteiger partial charge in [0.15, 0.2) is 0 Å². The Kier molecular flexibility index (Phi) is 4.57. The molecule has 0 fully saturated rings. The lowest BCUT2D eigenvalue weighted by Gasteiger charge is -2.08. The Morgan fingerprint density at radius 3 is 2.42 bits per heavy atom. The summed E-state index contributed by atoms with van der Waals surface area (Å²) in [6.45, 7) is 2.05. The van der Waals surface area contributed by atoms with Gasteiger partial charge in [-0.1, -0.05) is 48.5 Å². The molecule has 0 unspecified atom stereocenters. The van der Waals surface area contributed by atoms with Crippen molar-refractivity contribution >= 4 is 22.8 Å². The predicted molar refractivity (Wildman–Crippen MR) is 93.6 cm³/mol. The largest absolute Gasteiger partial charge is 0.463 e. The van der Waals surface area contributed by atoms with Crippen LogP contribution >= 0.6 is 0 Å². The van der Waals surface area contributed by atoms with Gasteiger partial charge in [-0.2, -0.15) is 0 Å². The first kappa shape index (κ1) is 15.7. The summed E-state index contributed by atoms with van der Waals surface area (Å²) in [5.74, 6) is -0.00774. The van der Waals surface area contributed by atoms with Crippen LogP contribution in [0.3, 0.4) is 0 Å². The third-order valence-electron chi connectivity index (χ3n) is 3.59. The lowest BCUT2D eigenvalue weighted by molar-refractivity contribution is -0.137. The van der Waals surface area contributed by atoms with Gasteiger partial charge in [-0.25, -0.2) is 9.59 Å². The predicted octanol–water partition coefficient (Wildman–Crippen LogP) is 4.04. The molecule has 0 aliphatic rings. The summed E-state index contributed by atoms with van der Waals surface area (Å²) in [7, 11) is 0. The molecule has 0 saturated heterocycles. The van der Waals surface area contributed by atoms with Gasteiger partial charge >= 0.3 is 11.6 Å². The first-order valence-corrected chi connectivity index (χ1v) is 7.67. The van der Waals surface area contributed by atoms with Gasteiger partial charge in [-0.05, 0) is 24.5 Å². The van der Waals surface area contributed by atoms with Gasteiger partial charge < -0.3 is 9.15 Å². The maximum absolute atomic E-state index is 12.3. The number of hydrogen-bond acceptors (Lipinski definition) is 4. The van der Waals surface area contributed by atoms with Gasteiger partial charge in [0.05, 0.1) is 12.0 Å². The summed E-state index contributed by atoms with van der Waals surface area (Å²) >= 11 is 0. The van der Waals surface area contributed by atoms with Crippen LogP contribution < -0.4 is 5.63 Å². The van der Waals surface area contributed by atoms with Crippen molar-refractivity contribution in [3.63, 3.8) is 0 Å². The molecule has 0 spiro atoms. The summed E-state index contributed by atoms with van der Waals surface area (Å²) < 4.78 is 10.5. The Bertz CT molecular complexity index is 952. The molecule has 0 N–H and O–H groups in total. The lowest BCUT2D eigenvalue weighted by atomic mass is 10.0. The normalized spacial score (nSPS) is 11.0. The summed E-state index contributed by atoms with van der Waals surface area (Å²) in [5.41, 5.74) is 1.03. The van der Waals surface area contributed by atoms with Crippen LogP contribution in [0.1, 0.15) is 12.5 Å². The lowest BCUT2D eigenvalue weighted by Crippen LogP contribution is -2.03. The second-order valence-electron chi connectivity index (χ2n) is 5.13. The minimum Gasteiger partial charge on any atom is -0.463 e. The maximum atomic E-state index is 12.3. The summed E-state index contributed by atoms with van der Waals surface area (Å²) in [5, 5.41) is 1.20. The van der Waals surface area contributed by atoms with Crippen molar-refractivity contribution in [1.82, 2.24) is 0 Å². The molecular weight excluding hydrogens is 304 g/mol. The van der Waals surface area contributed by atoms with Gasteiger partial charge in [0, 0.05) is 17.2 Å². The van der Waals surface area contributed by atoms with E-state index in [0.29, 0.717) is 23.3 Å². The van der Waals surface area contributed by atoms with Crippen LogP contribution in [0.25, 0.3) is 28.2 Å². The molecule has 24 heavy (non-hydrogen) atoms. The van der Waals surface area contributed by atoms with Crippen LogP contribution in [-0.2, 0) is 9.53 Å². The highest BCUT2D eigenvalue weighted by atomic mass is 16.5. The van der Waals surface area contributed by atoms with Gasteiger partial charge in [0.1, 0.15) is 5.76 Å². The van der Waals surface area contributed by atoms with Gasteiger partial charge in [0.25, 0.3) is 0 Å². The first-order valence-electron chi connectivity index (χ1n) is 7.67. The van der Waals surface area contributed by atoms with E-state index in [1.165, 1.54) is 6.08 Å². The molecule has 3 rings (SSSR count). The van der Waals surface area contributed by atoms with Crippen LogP contribution in [0.2, 0.25) is 0 Å². The van der Waals surface area contributed by atoms with Crippen LogP contribution in [0.15, 0.2) is 69.9 Å². The third-order valence-corrected chi connectivity index (χ3v) is 3.59. The van der Waals surface area contributed by atoms with E-state index < -0.39 is 11.6 Å². The highest BCUT2D eigenvalue weighted by Gasteiger charge is 2.13. The minimum absolute atomic E-state index is 0.305. The Hall–Kier alpha value is -3.14. The molecule has 4 heteroatoms. The smallest absolute Gasteiger partial charge is 0.344 e. The van der Waals surface area contributed by atoms with Crippen molar-refractivity contribution in [2.75, 3.05) is 6.61 Å². The van der Waals surface area contributed by atoms with Gasteiger partial charge in [-0.15, -0.1) is 0 Å². The van der Waals surface area contributed by atoms with Crippen molar-refractivity contribution in [3.8, 4) is 11.3 Å². The molecule has 4 nitrogen and oxygen atoms in total. The van der Waals surface area contributed by atoms with Gasteiger partial charge in [0.2, 0.25) is 0 Å². The van der Waals surface area contributed by atoms with Crippen LogP contribution in [0, 0.1) is 0 Å². The zero-order chi connectivity index (χ0) is 16.9. The highest BCUT2D eigenvalue weighted by Crippen LogP contribution is 2.29. The average Bonchev–Trinajstić information content (AvgIpc) is 2.62. The molecule has 0 amide bonds. The van der Waals surface area contributed by atoms with Crippen molar-refractivity contribution in [2.45, 2.75) is 6.92 Å². The topological polar surface area (TPSA) is 56.5 Å². The van der Waals surface area contributed by atoms with E-state index >= 15 is 0 Å². The average molecular weight is 320 g/mol. The summed E-state index contributed by atoms with van der Waals surface area (Å²) in [6, 6.07) is 16.5. The maximum Gasteiger partial charge on any atom is 0.344 e. The van der Waals surface area contributed by atoms with E-state index in [1.807, 2.05) is 42.5 Å². The first-order chi connectivity index (χ1) is 11.7. The van der Waals surface area contributed by atoms with E-state index in [9.17, 15) is 9.59 Å². The van der Waals surface area contributed by atoms with Crippen molar-refractivity contribution in [2.24, 2.45) is 0 Å². The Balaban J connectivity index is 2.25. The quantitative estimate of drug-likeness (QED) is 0.538. The second kappa shape index (κ2) is 6.96. The van der Waals surface area contributed by atoms with Crippen molar-refractivity contribution in [1.29, 1.82) is 0 Å². The molecule has 1 heterocycles. The van der Waals surface area contributed by atoms with E-state index in [-0.39, 0.29) is 0 Å². The van der Waals surface area contributed by atoms with Crippen LogP contribution in [0.4, 0.5) is 0 Å². The molecule has 0 aliphatic heterocycles. The highest BCUT2D eigenvalue weighted by molar-refractivity contribution is 5.97. The molecule has 0 aliphatic carbocycles. The zero-order valence-electron chi connectivity index (χ0n) is 13.2. The standard InChI is InChI=1S/C20H16O4/c1-2-23-18(21)13-12-16-15-10-6-7-11-17(15)20(22)24-19(16)14-8-4-3-5-9-14/h3-13H,2H2,1H3/b13-12+. The fourth-order valence-electron chi connectivity index (χ4n) is 2.53. The Morgan fingerprint density at radius 2 is 1.71 bits per heavy atom. The molecule has 0 bridgehead atoms. The number of esters is 1. The summed E-state index contributed by atoms with van der Waals surface area (Å²) in [6.07, 6.45) is 2.98. The fourth-order valence-corrected chi connectivity index (χ4v) is 2.53. The number of benzene rings is 2. The van der Waals surface area contributed by atoms with Gasteiger partial charge in [-0.3, -0.25) is 0 Å². The second-order valence-corrected chi connectivity index (χ2v) is 5.13. The van der Waals surface area contributed by atoms with E-state index in [2.05, 4.69) is 0 Å². The summed E-state index contributed by atoms with van der Waals surface area (Å²) in [4.78, 5) is 23.9. The van der Waals surface area contributed by atoms with E-state index in [4.69, 9.17) is 9.15 Å². The number of carbonyl (C=O) groups is 1. The zero-order valence-corrected chi connectivity index (χ0v) is 13.2. The fraction of sp³-hybridized carbons (Fsp3) is 0.100. The van der Waals surface area contributed by atoms with E-state index in [0.717, 1.165) is 10.9 Å². The number of carbonyl (C=O) groups excluding carboxylic acids is 1. The monoisotopic (exact) mass is 320 g/mol. The molecule has 1 aromatic heterocycles. The molecule has 0 saturated carbocycles. The molecule has 120 valence electrons. The molecule has 2 aromatic carbocycles. The number of rotatable bonds is 4. The van der Waals surface area contributed by atoms with Crippen molar-refractivity contribution in [3.05, 3.63) is 76.7 Å². The number of hydrogen-bond donors (Lipinski definition) is 0. The molecule has 3 aromatic rings. The molecule has 0 atom stereocenters.